The lowest BCUT2D eigenvalue weighted by molar-refractivity contribution is -0.125. The second-order valence-corrected chi connectivity index (χ2v) is 7.70. The quantitative estimate of drug-likeness (QED) is 0.497. The van der Waals surface area contributed by atoms with Gasteiger partial charge in [-0.2, -0.15) is 0 Å². The minimum absolute atomic E-state index is 0.0414. The number of benzene rings is 2. The second kappa shape index (κ2) is 10.3. The average Bonchev–Trinajstić information content (AvgIpc) is 3.14. The molecule has 1 aromatic heterocycles. The number of ether oxygens (including phenoxy) is 1. The van der Waals surface area contributed by atoms with E-state index in [1.165, 1.54) is 5.56 Å². The van der Waals surface area contributed by atoms with Gasteiger partial charge in [-0.25, -0.2) is 4.98 Å². The first-order chi connectivity index (χ1) is 14.6. The minimum atomic E-state index is -0.172. The molecule has 160 valence electrons. The third-order valence-electron chi connectivity index (χ3n) is 5.70. The van der Waals surface area contributed by atoms with E-state index in [1.807, 2.05) is 37.3 Å². The first kappa shape index (κ1) is 21.9. The van der Waals surface area contributed by atoms with Crippen LogP contribution in [0.1, 0.15) is 58.0 Å². The number of carbonyl (C=O) groups is 1. The number of para-hydroxylation sites is 2. The normalized spacial score (nSPS) is 12.3. The van der Waals surface area contributed by atoms with Gasteiger partial charge in [-0.1, -0.05) is 45.0 Å². The maximum atomic E-state index is 12.6. The van der Waals surface area contributed by atoms with Gasteiger partial charge in [-0.05, 0) is 56.0 Å². The Bertz CT molecular complexity index is 958. The van der Waals surface area contributed by atoms with Crippen molar-refractivity contribution in [1.82, 2.24) is 14.9 Å². The summed E-state index contributed by atoms with van der Waals surface area (Å²) < 4.78 is 8.14. The third-order valence-corrected chi connectivity index (χ3v) is 5.70. The molecule has 1 unspecified atom stereocenters. The molecule has 1 N–H and O–H groups in total. The highest BCUT2D eigenvalue weighted by atomic mass is 16.5. The molecule has 2 aromatic carbocycles. The van der Waals surface area contributed by atoms with E-state index in [1.54, 1.807) is 0 Å². The molecule has 0 fully saturated rings. The number of hydrogen-bond donors (Lipinski definition) is 1. The maximum absolute atomic E-state index is 12.6. The Kier molecular flexibility index (Phi) is 7.50. The van der Waals surface area contributed by atoms with Crippen molar-refractivity contribution < 1.29 is 9.53 Å². The number of nitrogens with one attached hydrogen (secondary N) is 1. The molecule has 30 heavy (non-hydrogen) atoms. The summed E-state index contributed by atoms with van der Waals surface area (Å²) in [7, 11) is 0. The van der Waals surface area contributed by atoms with Crippen molar-refractivity contribution in [2.75, 3.05) is 6.61 Å². The van der Waals surface area contributed by atoms with Crippen molar-refractivity contribution in [3.8, 4) is 5.75 Å². The lowest BCUT2D eigenvalue weighted by Gasteiger charge is -2.19. The zero-order valence-corrected chi connectivity index (χ0v) is 18.5. The van der Waals surface area contributed by atoms with Crippen LogP contribution in [0.15, 0.2) is 48.5 Å². The number of nitrogens with zero attached hydrogens (tertiary/aromatic N) is 2. The van der Waals surface area contributed by atoms with Crippen molar-refractivity contribution in [1.29, 1.82) is 0 Å². The lowest BCUT2D eigenvalue weighted by Crippen LogP contribution is -2.33. The molecule has 0 bridgehead atoms. The Morgan fingerprint density at radius 3 is 2.43 bits per heavy atom. The summed E-state index contributed by atoms with van der Waals surface area (Å²) in [5, 5.41) is 3.16. The van der Waals surface area contributed by atoms with Crippen LogP contribution in [0.5, 0.6) is 5.75 Å². The van der Waals surface area contributed by atoms with Gasteiger partial charge in [0.25, 0.3) is 0 Å². The number of amides is 1. The molecule has 1 heterocycles. The van der Waals surface area contributed by atoms with Gasteiger partial charge in [0.05, 0.1) is 23.6 Å². The molecule has 0 aliphatic rings. The monoisotopic (exact) mass is 407 g/mol. The average molecular weight is 408 g/mol. The molecule has 0 saturated carbocycles. The van der Waals surface area contributed by atoms with E-state index in [0.717, 1.165) is 41.9 Å². The Labute approximate surface area is 179 Å². The minimum Gasteiger partial charge on any atom is -0.492 e. The van der Waals surface area contributed by atoms with Crippen molar-refractivity contribution in [3.63, 3.8) is 0 Å². The fourth-order valence-corrected chi connectivity index (χ4v) is 3.79. The van der Waals surface area contributed by atoms with Gasteiger partial charge in [0.1, 0.15) is 18.2 Å². The third kappa shape index (κ3) is 5.02. The van der Waals surface area contributed by atoms with Crippen LogP contribution >= 0.6 is 0 Å². The smallest absolute Gasteiger partial charge is 0.223 e. The predicted octanol–water partition coefficient (Wildman–Crippen LogP) is 5.29. The van der Waals surface area contributed by atoms with Crippen LogP contribution in [0.2, 0.25) is 0 Å². The molecular formula is C25H33N3O2. The lowest BCUT2D eigenvalue weighted by atomic mass is 10.0. The second-order valence-electron chi connectivity index (χ2n) is 7.70. The number of carbonyl (C=O) groups excluding carboxylic acids is 1. The largest absolute Gasteiger partial charge is 0.492 e. The number of aryl methyl sites for hydroxylation is 1. The van der Waals surface area contributed by atoms with Crippen LogP contribution in [0, 0.1) is 5.92 Å². The van der Waals surface area contributed by atoms with Gasteiger partial charge in [-0.3, -0.25) is 4.79 Å². The van der Waals surface area contributed by atoms with Crippen molar-refractivity contribution in [2.45, 2.75) is 59.5 Å². The summed E-state index contributed by atoms with van der Waals surface area (Å²) >= 11 is 0. The van der Waals surface area contributed by atoms with E-state index < -0.39 is 0 Å². The Balaban J connectivity index is 1.76. The maximum Gasteiger partial charge on any atom is 0.223 e. The van der Waals surface area contributed by atoms with Crippen molar-refractivity contribution in [2.24, 2.45) is 5.92 Å². The zero-order valence-electron chi connectivity index (χ0n) is 18.5. The number of aromatic nitrogens is 2. The van der Waals surface area contributed by atoms with Crippen molar-refractivity contribution >= 4 is 16.9 Å². The highest BCUT2D eigenvalue weighted by Crippen LogP contribution is 2.22. The molecular weight excluding hydrogens is 374 g/mol. The van der Waals surface area contributed by atoms with E-state index >= 15 is 0 Å². The van der Waals surface area contributed by atoms with E-state index in [2.05, 4.69) is 48.9 Å². The molecule has 0 aliphatic heterocycles. The van der Waals surface area contributed by atoms with E-state index in [9.17, 15) is 4.79 Å². The zero-order chi connectivity index (χ0) is 21.5. The van der Waals surface area contributed by atoms with Gasteiger partial charge >= 0.3 is 0 Å². The highest BCUT2D eigenvalue weighted by molar-refractivity contribution is 5.79. The summed E-state index contributed by atoms with van der Waals surface area (Å²) in [4.78, 5) is 17.4. The standard InChI is InChI=1S/C25H33N3O2/c1-5-19-12-14-21(15-13-19)30-17-16-28-23-11-9-8-10-22(23)27-24(28)18(4)26-25(29)20(6-2)7-3/h8-15,18,20H,5-7,16-17H2,1-4H3,(H,26,29). The fourth-order valence-electron chi connectivity index (χ4n) is 3.79. The summed E-state index contributed by atoms with van der Waals surface area (Å²) in [6.07, 6.45) is 2.71. The van der Waals surface area contributed by atoms with Gasteiger partial charge in [0, 0.05) is 5.92 Å². The molecule has 3 aromatic rings. The van der Waals surface area contributed by atoms with Crippen LogP contribution in [0.3, 0.4) is 0 Å². The van der Waals surface area contributed by atoms with Gasteiger partial charge in [-0.15, -0.1) is 0 Å². The van der Waals surface area contributed by atoms with Crippen LogP contribution in [-0.4, -0.2) is 22.1 Å². The molecule has 3 rings (SSSR count). The number of rotatable bonds is 10. The van der Waals surface area contributed by atoms with E-state index in [-0.39, 0.29) is 17.9 Å². The molecule has 5 heteroatoms. The van der Waals surface area contributed by atoms with Crippen molar-refractivity contribution in [3.05, 3.63) is 59.9 Å². The van der Waals surface area contributed by atoms with Crippen LogP contribution in [-0.2, 0) is 17.8 Å². The summed E-state index contributed by atoms with van der Waals surface area (Å²) in [5.74, 6) is 1.87. The topological polar surface area (TPSA) is 56.1 Å². The SMILES string of the molecule is CCc1ccc(OCCn2c(C(C)NC(=O)C(CC)CC)nc3ccccc32)cc1. The Morgan fingerprint density at radius 2 is 1.77 bits per heavy atom. The summed E-state index contributed by atoms with van der Waals surface area (Å²) in [6.45, 7) is 9.45. The first-order valence-electron chi connectivity index (χ1n) is 11.0. The molecule has 1 atom stereocenters. The fraction of sp³-hybridized carbons (Fsp3) is 0.440. The molecule has 0 aliphatic carbocycles. The number of imidazole rings is 1. The molecule has 0 spiro atoms. The van der Waals surface area contributed by atoms with Crippen LogP contribution in [0.4, 0.5) is 0 Å². The summed E-state index contributed by atoms with van der Waals surface area (Å²) in [6, 6.07) is 16.1. The predicted molar refractivity (Wildman–Crippen MR) is 122 cm³/mol. The van der Waals surface area contributed by atoms with Crippen LogP contribution in [0.25, 0.3) is 11.0 Å². The van der Waals surface area contributed by atoms with E-state index in [0.29, 0.717) is 13.2 Å². The first-order valence-corrected chi connectivity index (χ1v) is 11.0. The van der Waals surface area contributed by atoms with Gasteiger partial charge in [0.15, 0.2) is 0 Å². The van der Waals surface area contributed by atoms with Crippen LogP contribution < -0.4 is 10.1 Å². The molecule has 0 saturated heterocycles. The number of fused-ring (bicyclic) bond motifs is 1. The van der Waals surface area contributed by atoms with E-state index in [4.69, 9.17) is 9.72 Å². The molecule has 0 radical (unpaired) electrons. The summed E-state index contributed by atoms with van der Waals surface area (Å²) in [5.41, 5.74) is 3.29. The number of hydrogen-bond acceptors (Lipinski definition) is 3. The molecule has 1 amide bonds. The highest BCUT2D eigenvalue weighted by Gasteiger charge is 2.21. The van der Waals surface area contributed by atoms with Gasteiger partial charge in [0.2, 0.25) is 5.91 Å². The molecule has 5 nitrogen and oxygen atoms in total. The Morgan fingerprint density at radius 1 is 1.07 bits per heavy atom. The Hall–Kier alpha value is -2.82. The van der Waals surface area contributed by atoms with Gasteiger partial charge < -0.3 is 14.6 Å².